The van der Waals surface area contributed by atoms with Gasteiger partial charge >= 0.3 is 11.9 Å². The van der Waals surface area contributed by atoms with Gasteiger partial charge in [0.1, 0.15) is 0 Å². The van der Waals surface area contributed by atoms with Gasteiger partial charge in [0.2, 0.25) is 0 Å². The molecule has 1 aromatic rings. The highest BCUT2D eigenvalue weighted by Crippen LogP contribution is 2.14. The molecule has 0 atom stereocenters. The van der Waals surface area contributed by atoms with Crippen molar-refractivity contribution in [2.24, 2.45) is 5.92 Å². The van der Waals surface area contributed by atoms with E-state index >= 15 is 0 Å². The second-order valence-electron chi connectivity index (χ2n) is 7.41. The summed E-state index contributed by atoms with van der Waals surface area (Å²) in [4.78, 5) is 25.1. The van der Waals surface area contributed by atoms with Crippen LogP contribution in [0.1, 0.15) is 83.6 Å². The quantitative estimate of drug-likeness (QED) is 0.201. The van der Waals surface area contributed by atoms with Crippen molar-refractivity contribution in [3.05, 3.63) is 35.9 Å². The monoisotopic (exact) mass is 390 g/mol. The van der Waals surface area contributed by atoms with Gasteiger partial charge in [0.25, 0.3) is 0 Å². The SMILES string of the molecule is CCCCCCCOC(=O)C(Cc1ccccc1)C(=O)OCCCCCCC. The first-order valence-corrected chi connectivity index (χ1v) is 11.1. The molecule has 0 N–H and O–H groups in total. The lowest BCUT2D eigenvalue weighted by Gasteiger charge is -2.16. The zero-order chi connectivity index (χ0) is 20.5. The third kappa shape index (κ3) is 11.1. The van der Waals surface area contributed by atoms with Crippen molar-refractivity contribution in [2.75, 3.05) is 13.2 Å². The molecule has 28 heavy (non-hydrogen) atoms. The summed E-state index contributed by atoms with van der Waals surface area (Å²) in [5.74, 6) is -1.81. The fourth-order valence-corrected chi connectivity index (χ4v) is 3.07. The lowest BCUT2D eigenvalue weighted by atomic mass is 9.99. The van der Waals surface area contributed by atoms with E-state index in [1.54, 1.807) is 0 Å². The van der Waals surface area contributed by atoms with Crippen molar-refractivity contribution < 1.29 is 19.1 Å². The number of carbonyl (C=O) groups is 2. The van der Waals surface area contributed by atoms with E-state index in [0.29, 0.717) is 19.6 Å². The highest BCUT2D eigenvalue weighted by molar-refractivity contribution is 5.95. The molecule has 0 fully saturated rings. The van der Waals surface area contributed by atoms with Gasteiger partial charge in [-0.1, -0.05) is 95.5 Å². The second kappa shape index (κ2) is 16.1. The highest BCUT2D eigenvalue weighted by atomic mass is 16.6. The van der Waals surface area contributed by atoms with Crippen LogP contribution >= 0.6 is 0 Å². The lowest BCUT2D eigenvalue weighted by Crippen LogP contribution is -2.30. The molecule has 1 rings (SSSR count). The molecule has 0 radical (unpaired) electrons. The average molecular weight is 391 g/mol. The predicted molar refractivity (Wildman–Crippen MR) is 113 cm³/mol. The molecule has 0 aliphatic heterocycles. The molecule has 4 heteroatoms. The van der Waals surface area contributed by atoms with Crippen LogP contribution in [0.25, 0.3) is 0 Å². The number of unbranched alkanes of at least 4 members (excludes halogenated alkanes) is 8. The summed E-state index contributed by atoms with van der Waals surface area (Å²) >= 11 is 0. The number of ether oxygens (including phenoxy) is 2. The predicted octanol–water partition coefficient (Wildman–Crippen LogP) is 5.87. The first-order valence-electron chi connectivity index (χ1n) is 11.1. The Hall–Kier alpha value is -1.84. The molecule has 0 amide bonds. The van der Waals surface area contributed by atoms with Crippen molar-refractivity contribution in [1.29, 1.82) is 0 Å². The Morgan fingerprint density at radius 3 is 1.64 bits per heavy atom. The fourth-order valence-electron chi connectivity index (χ4n) is 3.07. The molecule has 0 aromatic heterocycles. The Bertz CT molecular complexity index is 499. The molecule has 158 valence electrons. The van der Waals surface area contributed by atoms with Crippen LogP contribution in [0.2, 0.25) is 0 Å². The normalized spacial score (nSPS) is 10.8. The van der Waals surface area contributed by atoms with E-state index in [2.05, 4.69) is 13.8 Å². The topological polar surface area (TPSA) is 52.6 Å². The Morgan fingerprint density at radius 1 is 0.714 bits per heavy atom. The first-order chi connectivity index (χ1) is 13.7. The summed E-state index contributed by atoms with van der Waals surface area (Å²) in [5.41, 5.74) is 0.937. The third-order valence-corrected chi connectivity index (χ3v) is 4.84. The van der Waals surface area contributed by atoms with E-state index in [-0.39, 0.29) is 0 Å². The molecule has 0 bridgehead atoms. The molecule has 1 aromatic carbocycles. The van der Waals surface area contributed by atoms with E-state index < -0.39 is 17.9 Å². The number of hydrogen-bond donors (Lipinski definition) is 0. The van der Waals surface area contributed by atoms with Gasteiger partial charge in [-0.05, 0) is 24.8 Å². The standard InChI is InChI=1S/C24H38O4/c1-3-5-7-9-14-18-27-23(25)22(20-21-16-12-11-13-17-21)24(26)28-19-15-10-8-6-4-2/h11-13,16-17,22H,3-10,14-15,18-20H2,1-2H3. The fraction of sp³-hybridized carbons (Fsp3) is 0.667. The van der Waals surface area contributed by atoms with Gasteiger partial charge in [-0.2, -0.15) is 0 Å². The van der Waals surface area contributed by atoms with Crippen molar-refractivity contribution in [1.82, 2.24) is 0 Å². The minimum absolute atomic E-state index is 0.324. The number of esters is 2. The van der Waals surface area contributed by atoms with E-state index in [4.69, 9.17) is 9.47 Å². The Labute approximate surface area is 171 Å². The first kappa shape index (κ1) is 24.2. The summed E-state index contributed by atoms with van der Waals surface area (Å²) in [6.45, 7) is 5.09. The third-order valence-electron chi connectivity index (χ3n) is 4.84. The zero-order valence-electron chi connectivity index (χ0n) is 17.8. The van der Waals surface area contributed by atoms with Crippen molar-refractivity contribution in [3.63, 3.8) is 0 Å². The maximum absolute atomic E-state index is 12.5. The molecule has 0 saturated heterocycles. The van der Waals surface area contributed by atoms with Crippen molar-refractivity contribution in [3.8, 4) is 0 Å². The summed E-state index contributed by atoms with van der Waals surface area (Å²) < 4.78 is 10.8. The van der Waals surface area contributed by atoms with Crippen LogP contribution in [-0.4, -0.2) is 25.2 Å². The summed E-state index contributed by atoms with van der Waals surface area (Å²) in [7, 11) is 0. The summed E-state index contributed by atoms with van der Waals surface area (Å²) in [5, 5.41) is 0. The van der Waals surface area contributed by atoms with Crippen LogP contribution in [-0.2, 0) is 25.5 Å². The molecule has 0 unspecified atom stereocenters. The van der Waals surface area contributed by atoms with E-state index in [1.807, 2.05) is 30.3 Å². The molecule has 0 heterocycles. The van der Waals surface area contributed by atoms with Gasteiger partial charge in [-0.25, -0.2) is 0 Å². The van der Waals surface area contributed by atoms with Crippen LogP contribution < -0.4 is 0 Å². The second-order valence-corrected chi connectivity index (χ2v) is 7.41. The average Bonchev–Trinajstić information content (AvgIpc) is 2.71. The number of hydrogen-bond acceptors (Lipinski definition) is 4. The Morgan fingerprint density at radius 2 is 1.18 bits per heavy atom. The van der Waals surface area contributed by atoms with Crippen LogP contribution in [0, 0.1) is 5.92 Å². The van der Waals surface area contributed by atoms with E-state index in [9.17, 15) is 9.59 Å². The van der Waals surface area contributed by atoms with Gasteiger partial charge in [0.15, 0.2) is 5.92 Å². The molecule has 0 spiro atoms. The summed E-state index contributed by atoms with van der Waals surface area (Å²) in [6.07, 6.45) is 11.2. The Balaban J connectivity index is 2.48. The molecule has 0 saturated carbocycles. The molecular weight excluding hydrogens is 352 g/mol. The number of benzene rings is 1. The lowest BCUT2D eigenvalue weighted by molar-refractivity contribution is -0.162. The maximum atomic E-state index is 12.5. The zero-order valence-corrected chi connectivity index (χ0v) is 17.8. The molecule has 4 nitrogen and oxygen atoms in total. The van der Waals surface area contributed by atoms with Crippen molar-refractivity contribution in [2.45, 2.75) is 84.5 Å². The van der Waals surface area contributed by atoms with Crippen molar-refractivity contribution >= 4 is 11.9 Å². The van der Waals surface area contributed by atoms with Crippen LogP contribution in [0.15, 0.2) is 30.3 Å². The van der Waals surface area contributed by atoms with Gasteiger partial charge in [0.05, 0.1) is 13.2 Å². The van der Waals surface area contributed by atoms with E-state index in [1.165, 1.54) is 25.7 Å². The molecule has 0 aliphatic rings. The van der Waals surface area contributed by atoms with Gasteiger partial charge in [-0.3, -0.25) is 9.59 Å². The van der Waals surface area contributed by atoms with Gasteiger partial charge in [-0.15, -0.1) is 0 Å². The largest absolute Gasteiger partial charge is 0.465 e. The number of rotatable bonds is 16. The van der Waals surface area contributed by atoms with Gasteiger partial charge < -0.3 is 9.47 Å². The Kier molecular flexibility index (Phi) is 14.0. The van der Waals surface area contributed by atoms with Gasteiger partial charge in [0, 0.05) is 0 Å². The highest BCUT2D eigenvalue weighted by Gasteiger charge is 2.30. The van der Waals surface area contributed by atoms with Crippen LogP contribution in [0.5, 0.6) is 0 Å². The molecule has 0 aliphatic carbocycles. The van der Waals surface area contributed by atoms with E-state index in [0.717, 1.165) is 44.1 Å². The minimum atomic E-state index is -0.881. The molecular formula is C24H38O4. The smallest absolute Gasteiger partial charge is 0.320 e. The van der Waals surface area contributed by atoms with Crippen LogP contribution in [0.3, 0.4) is 0 Å². The van der Waals surface area contributed by atoms with Crippen LogP contribution in [0.4, 0.5) is 0 Å². The minimum Gasteiger partial charge on any atom is -0.465 e. The summed E-state index contributed by atoms with van der Waals surface area (Å²) in [6, 6.07) is 9.57. The maximum Gasteiger partial charge on any atom is 0.320 e. The number of carbonyl (C=O) groups excluding carboxylic acids is 2.